The van der Waals surface area contributed by atoms with Crippen molar-refractivity contribution in [2.24, 2.45) is 0 Å². The Morgan fingerprint density at radius 1 is 1.56 bits per heavy atom. The van der Waals surface area contributed by atoms with Crippen molar-refractivity contribution in [3.8, 4) is 6.07 Å². The van der Waals surface area contributed by atoms with Crippen LogP contribution >= 0.6 is 0 Å². The lowest BCUT2D eigenvalue weighted by Gasteiger charge is -1.91. The summed E-state index contributed by atoms with van der Waals surface area (Å²) in [4.78, 5) is 3.08. The van der Waals surface area contributed by atoms with E-state index in [-0.39, 0.29) is 0 Å². The first-order valence-corrected chi connectivity index (χ1v) is 2.69. The summed E-state index contributed by atoms with van der Waals surface area (Å²) in [5.41, 5.74) is 0. The third kappa shape index (κ3) is 6.94. The molecule has 0 saturated heterocycles. The molecule has 3 heteroatoms. The highest BCUT2D eigenvalue weighted by Crippen LogP contribution is 1.79. The van der Waals surface area contributed by atoms with Crippen LogP contribution in [-0.2, 0) is 4.74 Å². The Morgan fingerprint density at radius 3 is 2.89 bits per heavy atom. The highest BCUT2D eigenvalue weighted by atomic mass is 16.5. The fourth-order valence-electron chi connectivity index (χ4n) is 0.330. The Kier molecular flexibility index (Phi) is 6.12. The Labute approximate surface area is 54.7 Å². The third-order valence-corrected chi connectivity index (χ3v) is 0.706. The average Bonchev–Trinajstić information content (AvgIpc) is 1.89. The zero-order chi connectivity index (χ0) is 6.95. The van der Waals surface area contributed by atoms with E-state index >= 15 is 0 Å². The van der Waals surface area contributed by atoms with Gasteiger partial charge in [0.1, 0.15) is 6.61 Å². The van der Waals surface area contributed by atoms with Crippen LogP contribution in [0.15, 0.2) is 0 Å². The standard InChI is InChI=1S/C6H8N2O/c1-8-4-6-9-5-2-3-7/h2,4-6H2. The Bertz CT molecular complexity index is 115. The summed E-state index contributed by atoms with van der Waals surface area (Å²) in [6.45, 7) is 7.66. The maximum Gasteiger partial charge on any atom is 0.237 e. The fourth-order valence-corrected chi connectivity index (χ4v) is 0.330. The van der Waals surface area contributed by atoms with Gasteiger partial charge in [0.05, 0.1) is 19.1 Å². The molecule has 0 bridgehead atoms. The second kappa shape index (κ2) is 6.94. The second-order valence-electron chi connectivity index (χ2n) is 1.40. The molecule has 0 heterocycles. The Hall–Kier alpha value is -1.06. The second-order valence-corrected chi connectivity index (χ2v) is 1.40. The van der Waals surface area contributed by atoms with E-state index in [2.05, 4.69) is 4.85 Å². The topological polar surface area (TPSA) is 37.4 Å². The van der Waals surface area contributed by atoms with Crippen LogP contribution in [0, 0.1) is 17.9 Å². The molecule has 0 atom stereocenters. The molecule has 0 N–H and O–H groups in total. The monoisotopic (exact) mass is 124 g/mol. The summed E-state index contributed by atoms with van der Waals surface area (Å²) in [5.74, 6) is 0. The quantitative estimate of drug-likeness (QED) is 0.411. The molecule has 48 valence electrons. The molecule has 0 saturated carbocycles. The first-order chi connectivity index (χ1) is 4.41. The molecule has 0 radical (unpaired) electrons. The Balaban J connectivity index is 2.79. The van der Waals surface area contributed by atoms with Gasteiger partial charge in [0.15, 0.2) is 0 Å². The summed E-state index contributed by atoms with van der Waals surface area (Å²) in [5, 5.41) is 8.03. The zero-order valence-corrected chi connectivity index (χ0v) is 5.13. The maximum absolute atomic E-state index is 8.03. The summed E-state index contributed by atoms with van der Waals surface area (Å²) in [6.07, 6.45) is 0.415. The lowest BCUT2D eigenvalue weighted by atomic mass is 10.5. The van der Waals surface area contributed by atoms with E-state index in [0.29, 0.717) is 26.2 Å². The maximum atomic E-state index is 8.03. The number of hydrogen-bond acceptors (Lipinski definition) is 2. The van der Waals surface area contributed by atoms with Crippen LogP contribution in [0.25, 0.3) is 4.85 Å². The van der Waals surface area contributed by atoms with E-state index in [1.165, 1.54) is 0 Å². The van der Waals surface area contributed by atoms with Gasteiger partial charge in [0, 0.05) is 0 Å². The van der Waals surface area contributed by atoms with Gasteiger partial charge < -0.3 is 9.58 Å². The van der Waals surface area contributed by atoms with Crippen LogP contribution < -0.4 is 0 Å². The molecule has 0 spiro atoms. The van der Waals surface area contributed by atoms with Gasteiger partial charge in [-0.2, -0.15) is 5.26 Å². The summed E-state index contributed by atoms with van der Waals surface area (Å²) >= 11 is 0. The molecule has 9 heavy (non-hydrogen) atoms. The van der Waals surface area contributed by atoms with Gasteiger partial charge in [-0.25, -0.2) is 6.57 Å². The van der Waals surface area contributed by atoms with E-state index in [9.17, 15) is 0 Å². The predicted molar refractivity (Wildman–Crippen MR) is 32.5 cm³/mol. The van der Waals surface area contributed by atoms with E-state index < -0.39 is 0 Å². The normalized spacial score (nSPS) is 7.78. The van der Waals surface area contributed by atoms with Crippen molar-refractivity contribution in [3.05, 3.63) is 11.4 Å². The van der Waals surface area contributed by atoms with Crippen LogP contribution in [-0.4, -0.2) is 19.8 Å². The molecular weight excluding hydrogens is 116 g/mol. The first kappa shape index (κ1) is 7.94. The lowest BCUT2D eigenvalue weighted by Crippen LogP contribution is -1.97. The third-order valence-electron chi connectivity index (χ3n) is 0.706. The highest BCUT2D eigenvalue weighted by molar-refractivity contribution is 4.67. The van der Waals surface area contributed by atoms with Gasteiger partial charge in [0.2, 0.25) is 6.54 Å². The van der Waals surface area contributed by atoms with Crippen LogP contribution in [0.3, 0.4) is 0 Å². The van der Waals surface area contributed by atoms with E-state index in [0.717, 1.165) is 0 Å². The van der Waals surface area contributed by atoms with Gasteiger partial charge in [-0.1, -0.05) is 0 Å². The molecule has 0 aliphatic rings. The van der Waals surface area contributed by atoms with Crippen molar-refractivity contribution in [2.75, 3.05) is 19.8 Å². The molecule has 0 aliphatic heterocycles. The largest absolute Gasteiger partial charge is 0.373 e. The van der Waals surface area contributed by atoms with Gasteiger partial charge >= 0.3 is 0 Å². The van der Waals surface area contributed by atoms with Crippen LogP contribution in [0.5, 0.6) is 0 Å². The minimum atomic E-state index is 0.394. The number of hydrogen-bond donors (Lipinski definition) is 0. The molecule has 0 aromatic rings. The summed E-state index contributed by atoms with van der Waals surface area (Å²) < 4.78 is 4.88. The van der Waals surface area contributed by atoms with Gasteiger partial charge in [-0.05, 0) is 0 Å². The van der Waals surface area contributed by atoms with Crippen molar-refractivity contribution in [1.82, 2.24) is 0 Å². The van der Waals surface area contributed by atoms with Crippen LogP contribution in [0.4, 0.5) is 0 Å². The van der Waals surface area contributed by atoms with Crippen molar-refractivity contribution >= 4 is 0 Å². The van der Waals surface area contributed by atoms with Crippen molar-refractivity contribution in [1.29, 1.82) is 5.26 Å². The van der Waals surface area contributed by atoms with Crippen molar-refractivity contribution in [3.63, 3.8) is 0 Å². The molecular formula is C6H8N2O. The van der Waals surface area contributed by atoms with Gasteiger partial charge in [-0.15, -0.1) is 0 Å². The van der Waals surface area contributed by atoms with Crippen molar-refractivity contribution in [2.45, 2.75) is 6.42 Å². The summed E-state index contributed by atoms with van der Waals surface area (Å²) in [7, 11) is 0. The number of rotatable bonds is 4. The smallest absolute Gasteiger partial charge is 0.237 e. The minimum absolute atomic E-state index is 0.394. The number of ether oxygens (including phenoxy) is 1. The molecule has 0 amide bonds. The fraction of sp³-hybridized carbons (Fsp3) is 0.667. The van der Waals surface area contributed by atoms with E-state index in [1.54, 1.807) is 0 Å². The number of nitrogens with zero attached hydrogens (tertiary/aromatic N) is 2. The van der Waals surface area contributed by atoms with E-state index in [1.807, 2.05) is 6.07 Å². The molecule has 0 unspecified atom stereocenters. The molecule has 0 aromatic heterocycles. The average molecular weight is 124 g/mol. The molecule has 0 rings (SSSR count). The van der Waals surface area contributed by atoms with Crippen LogP contribution in [0.1, 0.15) is 6.42 Å². The lowest BCUT2D eigenvalue weighted by molar-refractivity contribution is 0.151. The van der Waals surface area contributed by atoms with Crippen molar-refractivity contribution < 1.29 is 4.74 Å². The zero-order valence-electron chi connectivity index (χ0n) is 5.13. The minimum Gasteiger partial charge on any atom is -0.373 e. The molecule has 0 fully saturated rings. The SMILES string of the molecule is [C-]#[N+]CCOCCC#N. The number of nitriles is 1. The molecule has 0 aromatic carbocycles. The van der Waals surface area contributed by atoms with E-state index in [4.69, 9.17) is 16.6 Å². The molecule has 0 aliphatic carbocycles. The first-order valence-electron chi connectivity index (χ1n) is 2.69. The Morgan fingerprint density at radius 2 is 2.33 bits per heavy atom. The predicted octanol–water partition coefficient (Wildman–Crippen LogP) is 0.836. The van der Waals surface area contributed by atoms with Crippen LogP contribution in [0.2, 0.25) is 0 Å². The summed E-state index contributed by atoms with van der Waals surface area (Å²) in [6, 6.07) is 1.94. The molecule has 3 nitrogen and oxygen atoms in total. The highest BCUT2D eigenvalue weighted by Gasteiger charge is 1.86. The van der Waals surface area contributed by atoms with Gasteiger partial charge in [-0.3, -0.25) is 0 Å². The van der Waals surface area contributed by atoms with Gasteiger partial charge in [0.25, 0.3) is 0 Å².